The normalized spacial score (nSPS) is 22.9. The van der Waals surface area contributed by atoms with E-state index >= 15 is 0 Å². The summed E-state index contributed by atoms with van der Waals surface area (Å²) in [6.07, 6.45) is -13.4. The zero-order valence-electron chi connectivity index (χ0n) is 25.8. The maximum absolute atomic E-state index is 14.8. The molecule has 1 saturated heterocycles. The van der Waals surface area contributed by atoms with Gasteiger partial charge in [0.1, 0.15) is 24.4 Å². The number of nitrogens with one attached hydrogen (secondary N) is 2. The molecule has 3 heterocycles. The molecule has 1 fully saturated rings. The highest BCUT2D eigenvalue weighted by Gasteiger charge is 2.51. The maximum Gasteiger partial charge on any atom is 0.481 e. The van der Waals surface area contributed by atoms with E-state index in [1.807, 2.05) is 0 Å². The standard InChI is InChI=1S/C21H34F2N7O16P3S/c1-21(2,14(33)17(34)26-4-3-10(31)25-5-6-50)8-43-49(40,41)46-48(38,39)42-7-9-13(45-47(35,36)37)12(32)18(44-9)30-16-11(27-20(30)23)15(24)28-19(22)29-16/h9,12-14,18,32-33,50H,3-8H2,1-2H3,(H,25,31)(H,26,34)(H,38,39)(H,40,41)(H2,24,28,29)(H2,35,36,37)/t9-,12-,13-,14+,18-/m1/s1. The topological polar surface area (TPSA) is 347 Å². The molecule has 0 aromatic carbocycles. The van der Waals surface area contributed by atoms with Gasteiger partial charge in [-0.15, -0.1) is 0 Å². The second-order valence-electron chi connectivity index (χ2n) is 11.0. The lowest BCUT2D eigenvalue weighted by atomic mass is 9.87. The van der Waals surface area contributed by atoms with E-state index in [1.165, 1.54) is 13.8 Å². The van der Waals surface area contributed by atoms with Gasteiger partial charge >= 0.3 is 29.5 Å². The fourth-order valence-corrected chi connectivity index (χ4v) is 7.17. The third-order valence-corrected chi connectivity index (χ3v) is 9.92. The molecular weight excluding hydrogens is 769 g/mol. The minimum Gasteiger partial charge on any atom is -0.386 e. The summed E-state index contributed by atoms with van der Waals surface area (Å²) in [5.74, 6) is -1.62. The number of carbonyl (C=O) groups excluding carboxylic acids is 2. The predicted octanol–water partition coefficient (Wildman–Crippen LogP) is -1.39. The van der Waals surface area contributed by atoms with Crippen LogP contribution in [0.25, 0.3) is 11.2 Å². The molecule has 0 saturated carbocycles. The second-order valence-corrected chi connectivity index (χ2v) is 15.7. The van der Waals surface area contributed by atoms with Crippen molar-refractivity contribution >= 4 is 64.9 Å². The number of aliphatic hydroxyl groups excluding tert-OH is 2. The number of amides is 2. The SMILES string of the molecule is CC(C)(COP(=O)(O)OP(=O)(O)OC[C@H]1O[C@@H](n2c(F)nc3c(N)nc(F)nc32)[C@H](O)[C@@H]1OP(=O)(O)O)[C@@H](O)C(=O)NCCC(=O)NCCS. The summed E-state index contributed by atoms with van der Waals surface area (Å²) in [6.45, 7) is 0.315. The van der Waals surface area contributed by atoms with Gasteiger partial charge < -0.3 is 50.9 Å². The molecule has 0 bridgehead atoms. The first-order valence-corrected chi connectivity index (χ1v) is 19.1. The number of nitrogens with zero attached hydrogens (tertiary/aromatic N) is 4. The average molecular weight is 804 g/mol. The number of phosphoric ester groups is 3. The quantitative estimate of drug-likeness (QED) is 0.0359. The Hall–Kier alpha value is -2.25. The summed E-state index contributed by atoms with van der Waals surface area (Å²) in [5, 5.41) is 26.0. The Bertz CT molecular complexity index is 1700. The predicted molar refractivity (Wildman–Crippen MR) is 163 cm³/mol. The van der Waals surface area contributed by atoms with Crippen molar-refractivity contribution < 1.29 is 84.5 Å². The van der Waals surface area contributed by atoms with Crippen LogP contribution in [0, 0.1) is 17.6 Å². The number of nitrogen functional groups attached to an aromatic ring is 1. The van der Waals surface area contributed by atoms with Crippen LogP contribution in [0.4, 0.5) is 14.6 Å². The number of nitrogens with two attached hydrogens (primary N) is 1. The van der Waals surface area contributed by atoms with Crippen LogP contribution in [0.3, 0.4) is 0 Å². The summed E-state index contributed by atoms with van der Waals surface area (Å²) < 4.78 is 88.9. The van der Waals surface area contributed by atoms with Crippen molar-refractivity contribution in [2.75, 3.05) is 37.8 Å². The van der Waals surface area contributed by atoms with Crippen LogP contribution >= 0.6 is 36.1 Å². The van der Waals surface area contributed by atoms with E-state index in [1.54, 1.807) is 0 Å². The van der Waals surface area contributed by atoms with Crippen molar-refractivity contribution in [3.05, 3.63) is 12.2 Å². The van der Waals surface area contributed by atoms with Gasteiger partial charge in [-0.2, -0.15) is 40.7 Å². The van der Waals surface area contributed by atoms with Gasteiger partial charge in [-0.1, -0.05) is 13.8 Å². The molecule has 29 heteroatoms. The van der Waals surface area contributed by atoms with E-state index in [0.29, 0.717) is 16.9 Å². The van der Waals surface area contributed by atoms with Crippen LogP contribution in [0.1, 0.15) is 26.5 Å². The molecule has 3 rings (SSSR count). The highest BCUT2D eigenvalue weighted by molar-refractivity contribution is 7.80. The van der Waals surface area contributed by atoms with Gasteiger partial charge in [-0.05, 0) is 0 Å². The Morgan fingerprint density at radius 1 is 1.08 bits per heavy atom. The number of rotatable bonds is 18. The van der Waals surface area contributed by atoms with Crippen LogP contribution in [0.15, 0.2) is 0 Å². The van der Waals surface area contributed by atoms with Gasteiger partial charge in [0, 0.05) is 30.7 Å². The zero-order chi connectivity index (χ0) is 37.8. The molecule has 284 valence electrons. The lowest BCUT2D eigenvalue weighted by Crippen LogP contribution is -2.46. The minimum absolute atomic E-state index is 0.131. The number of anilines is 1. The number of hydrogen-bond acceptors (Lipinski definition) is 17. The molecule has 0 radical (unpaired) electrons. The largest absolute Gasteiger partial charge is 0.481 e. The van der Waals surface area contributed by atoms with Crippen molar-refractivity contribution in [1.29, 1.82) is 0 Å². The number of halogens is 2. The number of ether oxygens (including phenoxy) is 1. The van der Waals surface area contributed by atoms with Crippen LogP contribution in [0.2, 0.25) is 0 Å². The molecular formula is C21H34F2N7O16P3S. The molecule has 7 atom stereocenters. The highest BCUT2D eigenvalue weighted by atomic mass is 32.1. The average Bonchev–Trinajstić information content (AvgIpc) is 3.47. The number of fused-ring (bicyclic) bond motifs is 1. The molecule has 2 aromatic heterocycles. The van der Waals surface area contributed by atoms with Crippen molar-refractivity contribution in [2.45, 2.75) is 50.9 Å². The molecule has 50 heavy (non-hydrogen) atoms. The molecule has 0 aliphatic carbocycles. The van der Waals surface area contributed by atoms with E-state index in [4.69, 9.17) is 10.5 Å². The number of thiol groups is 1. The molecule has 2 unspecified atom stereocenters. The van der Waals surface area contributed by atoms with Gasteiger partial charge in [0.2, 0.25) is 11.8 Å². The number of aromatic nitrogens is 4. The number of carbonyl (C=O) groups is 2. The van der Waals surface area contributed by atoms with Crippen LogP contribution < -0.4 is 16.4 Å². The lowest BCUT2D eigenvalue weighted by Gasteiger charge is -2.30. The van der Waals surface area contributed by atoms with E-state index in [0.717, 1.165) is 0 Å². The van der Waals surface area contributed by atoms with Gasteiger partial charge in [0.15, 0.2) is 23.2 Å². The zero-order valence-corrected chi connectivity index (χ0v) is 29.4. The van der Waals surface area contributed by atoms with E-state index in [2.05, 4.69) is 56.1 Å². The van der Waals surface area contributed by atoms with Crippen LogP contribution in [-0.2, 0) is 45.9 Å². The Balaban J connectivity index is 1.66. The fraction of sp³-hybridized carbons (Fsp3) is 0.667. The molecule has 2 amide bonds. The van der Waals surface area contributed by atoms with E-state index in [9.17, 15) is 61.9 Å². The second kappa shape index (κ2) is 16.6. The van der Waals surface area contributed by atoms with Gasteiger partial charge in [-0.25, -0.2) is 13.7 Å². The van der Waals surface area contributed by atoms with E-state index in [-0.39, 0.29) is 13.0 Å². The monoisotopic (exact) mass is 803 g/mol. The third-order valence-electron chi connectivity index (χ3n) is 6.60. The van der Waals surface area contributed by atoms with Crippen LogP contribution in [0.5, 0.6) is 0 Å². The van der Waals surface area contributed by atoms with Crippen molar-refractivity contribution in [1.82, 2.24) is 30.2 Å². The first-order chi connectivity index (χ1) is 23.0. The summed E-state index contributed by atoms with van der Waals surface area (Å²) in [6, 6.07) is 0. The smallest absolute Gasteiger partial charge is 0.386 e. The highest BCUT2D eigenvalue weighted by Crippen LogP contribution is 2.61. The van der Waals surface area contributed by atoms with Gasteiger partial charge in [-0.3, -0.25) is 27.7 Å². The third kappa shape index (κ3) is 11.4. The fourth-order valence-electron chi connectivity index (χ4n) is 4.23. The Morgan fingerprint density at radius 3 is 2.34 bits per heavy atom. The van der Waals surface area contributed by atoms with Gasteiger partial charge in [0.25, 0.3) is 6.08 Å². The summed E-state index contributed by atoms with van der Waals surface area (Å²) >= 11 is 3.93. The summed E-state index contributed by atoms with van der Waals surface area (Å²) in [5.41, 5.74) is 2.70. The van der Waals surface area contributed by atoms with Gasteiger partial charge in [0.05, 0.1) is 13.2 Å². The Kier molecular flexibility index (Phi) is 14.0. The molecule has 10 N–H and O–H groups in total. The summed E-state index contributed by atoms with van der Waals surface area (Å²) in [4.78, 5) is 72.6. The Morgan fingerprint density at radius 2 is 1.72 bits per heavy atom. The van der Waals surface area contributed by atoms with Crippen molar-refractivity contribution in [3.63, 3.8) is 0 Å². The number of aliphatic hydroxyl groups is 2. The number of imidazole rings is 1. The van der Waals surface area contributed by atoms with E-state index < -0.39 is 114 Å². The molecule has 23 nitrogen and oxygen atoms in total. The molecule has 1 aliphatic heterocycles. The van der Waals surface area contributed by atoms with Crippen LogP contribution in [-0.4, -0.2) is 118 Å². The molecule has 1 aliphatic rings. The van der Waals surface area contributed by atoms with Crippen molar-refractivity contribution in [2.24, 2.45) is 5.41 Å². The summed E-state index contributed by atoms with van der Waals surface area (Å²) in [7, 11) is -16.7. The first-order valence-electron chi connectivity index (χ1n) is 13.9. The molecule has 2 aromatic rings. The minimum atomic E-state index is -5.68. The lowest BCUT2D eigenvalue weighted by molar-refractivity contribution is -0.137. The first kappa shape index (κ1) is 42.2. The Labute approximate surface area is 285 Å². The molecule has 0 spiro atoms. The number of phosphoric acid groups is 3. The number of hydrogen-bond donors (Lipinski definition) is 10. The maximum atomic E-state index is 14.8. The van der Waals surface area contributed by atoms with Crippen molar-refractivity contribution in [3.8, 4) is 0 Å².